The molecule has 0 spiro atoms. The van der Waals surface area contributed by atoms with E-state index in [9.17, 15) is 14.4 Å². The Labute approximate surface area is 209 Å². The first kappa shape index (κ1) is 25.0. The minimum atomic E-state index is -0.419. The molecule has 0 aromatic heterocycles. The van der Waals surface area contributed by atoms with Crippen LogP contribution in [-0.2, 0) is 16.1 Å². The number of aliphatic hydroxyl groups excluding tert-OH is 1. The fourth-order valence-electron chi connectivity index (χ4n) is 4.61. The van der Waals surface area contributed by atoms with Gasteiger partial charge in [0.1, 0.15) is 18.9 Å². The molecule has 2 aliphatic rings. The van der Waals surface area contributed by atoms with Crippen LogP contribution in [0, 0.1) is 0 Å². The number of nitrogens with zero attached hydrogens (tertiary/aromatic N) is 2. The molecule has 0 radical (unpaired) electrons. The summed E-state index contributed by atoms with van der Waals surface area (Å²) in [5.74, 6) is -0.475. The molecule has 9 heteroatoms. The highest BCUT2D eigenvalue weighted by Gasteiger charge is 2.31. The molecule has 0 atom stereocenters. The molecule has 1 aliphatic heterocycles. The van der Waals surface area contributed by atoms with Crippen LogP contribution < -0.4 is 15.0 Å². The number of para-hydroxylation sites is 1. The number of hydrogen-bond acceptors (Lipinski definition) is 5. The van der Waals surface area contributed by atoms with Crippen molar-refractivity contribution < 1.29 is 24.2 Å². The van der Waals surface area contributed by atoms with Crippen LogP contribution in [0.5, 0.6) is 5.75 Å². The molecule has 35 heavy (non-hydrogen) atoms. The molecule has 2 aromatic carbocycles. The lowest BCUT2D eigenvalue weighted by atomic mass is 9.95. The molecule has 2 N–H and O–H groups in total. The second-order valence-electron chi connectivity index (χ2n) is 8.89. The van der Waals surface area contributed by atoms with Gasteiger partial charge in [-0.15, -0.1) is 0 Å². The number of hydrogen-bond donors (Lipinski definition) is 2. The summed E-state index contributed by atoms with van der Waals surface area (Å²) >= 11 is 6.38. The molecule has 8 nitrogen and oxygen atoms in total. The van der Waals surface area contributed by atoms with E-state index in [0.717, 1.165) is 31.2 Å². The summed E-state index contributed by atoms with van der Waals surface area (Å²) in [7, 11) is 0. The minimum Gasteiger partial charge on any atom is -0.491 e. The summed E-state index contributed by atoms with van der Waals surface area (Å²) in [6.07, 6.45) is 5.34. The molecule has 0 bridgehead atoms. The van der Waals surface area contributed by atoms with E-state index in [4.69, 9.17) is 21.4 Å². The van der Waals surface area contributed by atoms with Crippen LogP contribution in [0.2, 0.25) is 5.02 Å². The molecule has 1 aliphatic carbocycles. The molecule has 3 amide bonds. The Kier molecular flexibility index (Phi) is 8.25. The van der Waals surface area contributed by atoms with Crippen LogP contribution in [0.1, 0.15) is 48.0 Å². The molecular weight excluding hydrogens is 470 g/mol. The quantitative estimate of drug-likeness (QED) is 0.609. The second-order valence-corrected chi connectivity index (χ2v) is 9.29. The van der Waals surface area contributed by atoms with Gasteiger partial charge in [0.25, 0.3) is 5.91 Å². The Morgan fingerprint density at radius 3 is 2.60 bits per heavy atom. The van der Waals surface area contributed by atoms with Gasteiger partial charge < -0.3 is 20.1 Å². The third-order valence-corrected chi connectivity index (χ3v) is 6.68. The number of rotatable bonds is 7. The van der Waals surface area contributed by atoms with Crippen LogP contribution in [0.15, 0.2) is 42.5 Å². The third kappa shape index (κ3) is 6.13. The fraction of sp³-hybridized carbons (Fsp3) is 0.423. The number of nitrogens with one attached hydrogen (secondary N) is 1. The van der Waals surface area contributed by atoms with Gasteiger partial charge in [-0.25, -0.2) is 0 Å². The van der Waals surface area contributed by atoms with Crippen molar-refractivity contribution in [2.24, 2.45) is 0 Å². The average Bonchev–Trinajstić information content (AvgIpc) is 2.99. The molecule has 186 valence electrons. The lowest BCUT2D eigenvalue weighted by Gasteiger charge is -2.25. The van der Waals surface area contributed by atoms with Crippen molar-refractivity contribution >= 4 is 35.0 Å². The van der Waals surface area contributed by atoms with E-state index in [-0.39, 0.29) is 61.3 Å². The standard InChI is InChI=1S/C26H30ClN3O5/c27-22-14-20(35-13-12-31)10-11-21(22)26(34)30-17-25(33)29(15-18-6-4-5-9-23(18)30)16-24(32)28-19-7-2-1-3-8-19/h4-6,9-11,14,19,31H,1-3,7-8,12-13,15-17H2,(H,28,32). The van der Waals surface area contributed by atoms with Crippen molar-refractivity contribution in [2.75, 3.05) is 31.2 Å². The van der Waals surface area contributed by atoms with Gasteiger partial charge in [-0.2, -0.15) is 0 Å². The summed E-state index contributed by atoms with van der Waals surface area (Å²) < 4.78 is 5.36. The van der Waals surface area contributed by atoms with Gasteiger partial charge in [0, 0.05) is 18.3 Å². The average molecular weight is 500 g/mol. The van der Waals surface area contributed by atoms with Crippen molar-refractivity contribution in [3.8, 4) is 5.75 Å². The van der Waals surface area contributed by atoms with E-state index in [1.165, 1.54) is 22.3 Å². The molecule has 0 unspecified atom stereocenters. The lowest BCUT2D eigenvalue weighted by Crippen LogP contribution is -2.46. The van der Waals surface area contributed by atoms with Crippen molar-refractivity contribution in [3.63, 3.8) is 0 Å². The number of aliphatic hydroxyl groups is 1. The SMILES string of the molecule is O=C(CN1Cc2ccccc2N(C(=O)c2ccc(OCCO)cc2Cl)CC1=O)NC1CCCCC1. The fourth-order valence-corrected chi connectivity index (χ4v) is 4.86. The van der Waals surface area contributed by atoms with Gasteiger partial charge in [-0.3, -0.25) is 19.3 Å². The van der Waals surface area contributed by atoms with Gasteiger partial charge in [-0.1, -0.05) is 49.1 Å². The maximum atomic E-state index is 13.5. The number of carbonyl (C=O) groups excluding carboxylic acids is 3. The molecule has 1 fully saturated rings. The topological polar surface area (TPSA) is 99.2 Å². The Morgan fingerprint density at radius 2 is 1.86 bits per heavy atom. The van der Waals surface area contributed by atoms with Crippen molar-refractivity contribution in [3.05, 3.63) is 58.6 Å². The van der Waals surface area contributed by atoms with Crippen LogP contribution >= 0.6 is 11.6 Å². The number of ether oxygens (including phenoxy) is 1. The van der Waals surface area contributed by atoms with Crippen molar-refractivity contribution in [2.45, 2.75) is 44.7 Å². The zero-order valence-corrected chi connectivity index (χ0v) is 20.3. The highest BCUT2D eigenvalue weighted by molar-refractivity contribution is 6.34. The number of anilines is 1. The van der Waals surface area contributed by atoms with Crippen LogP contribution in [0.4, 0.5) is 5.69 Å². The van der Waals surface area contributed by atoms with E-state index >= 15 is 0 Å². The van der Waals surface area contributed by atoms with Crippen LogP contribution in [-0.4, -0.2) is 60.1 Å². The number of benzene rings is 2. The van der Waals surface area contributed by atoms with E-state index in [2.05, 4.69) is 5.32 Å². The molecule has 0 saturated heterocycles. The van der Waals surface area contributed by atoms with Gasteiger partial charge >= 0.3 is 0 Å². The van der Waals surface area contributed by atoms with Crippen molar-refractivity contribution in [1.82, 2.24) is 10.2 Å². The highest BCUT2D eigenvalue weighted by Crippen LogP contribution is 2.30. The maximum Gasteiger partial charge on any atom is 0.260 e. The Bertz CT molecular complexity index is 1090. The van der Waals surface area contributed by atoms with Gasteiger partial charge in [0.05, 0.1) is 23.7 Å². The van der Waals surface area contributed by atoms with E-state index in [0.29, 0.717) is 11.4 Å². The first-order valence-electron chi connectivity index (χ1n) is 12.0. The number of fused-ring (bicyclic) bond motifs is 1. The number of carbonyl (C=O) groups is 3. The molecule has 2 aromatic rings. The summed E-state index contributed by atoms with van der Waals surface area (Å²) in [4.78, 5) is 42.3. The summed E-state index contributed by atoms with van der Waals surface area (Å²) in [6.45, 7) is -0.0462. The van der Waals surface area contributed by atoms with Gasteiger partial charge in [0.15, 0.2) is 0 Å². The number of halogens is 1. The van der Waals surface area contributed by atoms with Gasteiger partial charge in [0.2, 0.25) is 11.8 Å². The summed E-state index contributed by atoms with van der Waals surface area (Å²) in [6, 6.07) is 12.1. The molecule has 1 heterocycles. The molecular formula is C26H30ClN3O5. The zero-order chi connectivity index (χ0) is 24.8. The molecule has 1 saturated carbocycles. The third-order valence-electron chi connectivity index (χ3n) is 6.37. The Balaban J connectivity index is 1.52. The van der Waals surface area contributed by atoms with Crippen LogP contribution in [0.3, 0.4) is 0 Å². The van der Waals surface area contributed by atoms with E-state index in [1.807, 2.05) is 18.2 Å². The Hall–Kier alpha value is -3.10. The Morgan fingerprint density at radius 1 is 1.09 bits per heavy atom. The second kappa shape index (κ2) is 11.6. The minimum absolute atomic E-state index is 0.0522. The molecule has 4 rings (SSSR count). The van der Waals surface area contributed by atoms with Gasteiger partial charge in [-0.05, 0) is 42.7 Å². The smallest absolute Gasteiger partial charge is 0.260 e. The lowest BCUT2D eigenvalue weighted by molar-refractivity contribution is -0.135. The van der Waals surface area contributed by atoms with E-state index in [1.54, 1.807) is 18.2 Å². The van der Waals surface area contributed by atoms with E-state index < -0.39 is 5.91 Å². The van der Waals surface area contributed by atoms with Crippen molar-refractivity contribution in [1.29, 1.82) is 0 Å². The predicted molar refractivity (Wildman–Crippen MR) is 133 cm³/mol. The monoisotopic (exact) mass is 499 g/mol. The van der Waals surface area contributed by atoms with Crippen LogP contribution in [0.25, 0.3) is 0 Å². The maximum absolute atomic E-state index is 13.5. The first-order chi connectivity index (χ1) is 17.0. The normalized spacial score (nSPS) is 16.5. The summed E-state index contributed by atoms with van der Waals surface area (Å²) in [5, 5.41) is 12.2. The summed E-state index contributed by atoms with van der Waals surface area (Å²) in [5.41, 5.74) is 1.61. The number of amides is 3. The first-order valence-corrected chi connectivity index (χ1v) is 12.3. The predicted octanol–water partition coefficient (Wildman–Crippen LogP) is 3.15. The largest absolute Gasteiger partial charge is 0.491 e. The zero-order valence-electron chi connectivity index (χ0n) is 19.5. The highest BCUT2D eigenvalue weighted by atomic mass is 35.5.